The van der Waals surface area contributed by atoms with Crippen molar-refractivity contribution in [1.82, 2.24) is 0 Å². The monoisotopic (exact) mass is 331 g/mol. The van der Waals surface area contributed by atoms with Crippen molar-refractivity contribution in [2.24, 2.45) is 0 Å². The summed E-state index contributed by atoms with van der Waals surface area (Å²) in [4.78, 5) is 11.7. The summed E-state index contributed by atoms with van der Waals surface area (Å²) in [5, 5.41) is 0. The molecule has 1 N–H and O–H groups in total. The second kappa shape index (κ2) is 6.66. The number of hydrogen-bond acceptors (Lipinski definition) is 4. The first kappa shape index (κ1) is 16.8. The largest absolute Gasteiger partial charge is 0.465 e. The molecule has 0 bridgehead atoms. The lowest BCUT2D eigenvalue weighted by Crippen LogP contribution is -2.14. The number of carbonyl (C=O) groups excluding carboxylic acids is 1. The molecular formula is C17H17NO4S. The molecule has 5 nitrogen and oxygen atoms in total. The average Bonchev–Trinajstić information content (AvgIpc) is 2.54. The fourth-order valence-electron chi connectivity index (χ4n) is 1.99. The van der Waals surface area contributed by atoms with Gasteiger partial charge in [-0.15, -0.1) is 0 Å². The Morgan fingerprint density at radius 3 is 2.39 bits per heavy atom. The maximum atomic E-state index is 12.4. The highest BCUT2D eigenvalue weighted by molar-refractivity contribution is 7.92. The first-order valence-corrected chi connectivity index (χ1v) is 8.30. The molecule has 0 saturated carbocycles. The van der Waals surface area contributed by atoms with E-state index in [9.17, 15) is 13.2 Å². The normalized spacial score (nSPS) is 10.9. The van der Waals surface area contributed by atoms with Gasteiger partial charge in [-0.2, -0.15) is 0 Å². The van der Waals surface area contributed by atoms with Gasteiger partial charge >= 0.3 is 5.97 Å². The number of sulfonamides is 1. The Labute approximate surface area is 135 Å². The molecule has 23 heavy (non-hydrogen) atoms. The number of rotatable bonds is 5. The van der Waals surface area contributed by atoms with E-state index >= 15 is 0 Å². The van der Waals surface area contributed by atoms with Crippen LogP contribution in [-0.4, -0.2) is 21.5 Å². The Morgan fingerprint density at radius 2 is 1.83 bits per heavy atom. The van der Waals surface area contributed by atoms with Crippen LogP contribution in [0.1, 0.15) is 21.5 Å². The predicted molar refractivity (Wildman–Crippen MR) is 89.9 cm³/mol. The molecular weight excluding hydrogens is 314 g/mol. The summed E-state index contributed by atoms with van der Waals surface area (Å²) in [5.74, 6) is -0.499. The minimum atomic E-state index is -3.72. The third-order valence-electron chi connectivity index (χ3n) is 3.27. The van der Waals surface area contributed by atoms with E-state index in [1.165, 1.54) is 43.5 Å². The topological polar surface area (TPSA) is 72.5 Å². The third kappa shape index (κ3) is 3.78. The summed E-state index contributed by atoms with van der Waals surface area (Å²) in [6, 6.07) is 11.0. The molecule has 0 heterocycles. The zero-order valence-electron chi connectivity index (χ0n) is 12.9. The van der Waals surface area contributed by atoms with Gasteiger partial charge in [0.25, 0.3) is 10.0 Å². The summed E-state index contributed by atoms with van der Waals surface area (Å²) < 4.78 is 32.0. The number of aryl methyl sites for hydroxylation is 1. The molecule has 0 radical (unpaired) electrons. The van der Waals surface area contributed by atoms with Crippen LogP contribution in [0.3, 0.4) is 0 Å². The molecule has 0 aliphatic rings. The number of methoxy groups -OCH3 is 1. The fraction of sp³-hybridized carbons (Fsp3) is 0.118. The van der Waals surface area contributed by atoms with Crippen molar-refractivity contribution in [2.45, 2.75) is 11.8 Å². The van der Waals surface area contributed by atoms with E-state index in [-0.39, 0.29) is 4.90 Å². The predicted octanol–water partition coefficient (Wildman–Crippen LogP) is 3.23. The van der Waals surface area contributed by atoms with Gasteiger partial charge in [0.15, 0.2) is 0 Å². The second-order valence-electron chi connectivity index (χ2n) is 4.92. The van der Waals surface area contributed by atoms with Crippen LogP contribution in [0.5, 0.6) is 0 Å². The molecule has 2 aromatic carbocycles. The molecule has 0 amide bonds. The van der Waals surface area contributed by atoms with Gasteiger partial charge in [0.05, 0.1) is 23.3 Å². The van der Waals surface area contributed by atoms with E-state index < -0.39 is 16.0 Å². The van der Waals surface area contributed by atoms with E-state index in [1.807, 2.05) is 6.92 Å². The van der Waals surface area contributed by atoms with Gasteiger partial charge in [-0.1, -0.05) is 30.4 Å². The number of hydrogen-bond donors (Lipinski definition) is 1. The fourth-order valence-corrected chi connectivity index (χ4v) is 3.08. The van der Waals surface area contributed by atoms with Crippen LogP contribution in [0.15, 0.2) is 53.9 Å². The van der Waals surface area contributed by atoms with Crippen LogP contribution >= 0.6 is 0 Å². The van der Waals surface area contributed by atoms with Crippen molar-refractivity contribution in [2.75, 3.05) is 11.8 Å². The average molecular weight is 331 g/mol. The summed E-state index contributed by atoms with van der Waals surface area (Å²) >= 11 is 0. The van der Waals surface area contributed by atoms with Crippen LogP contribution in [-0.2, 0) is 14.8 Å². The molecule has 0 unspecified atom stereocenters. The second-order valence-corrected chi connectivity index (χ2v) is 6.60. The molecule has 2 rings (SSSR count). The van der Waals surface area contributed by atoms with E-state index in [1.54, 1.807) is 12.1 Å². The van der Waals surface area contributed by atoms with Crippen LogP contribution in [0.4, 0.5) is 5.69 Å². The van der Waals surface area contributed by atoms with Crippen molar-refractivity contribution in [3.63, 3.8) is 0 Å². The Hall–Kier alpha value is -2.60. The minimum Gasteiger partial charge on any atom is -0.465 e. The zero-order valence-corrected chi connectivity index (χ0v) is 13.7. The molecule has 0 atom stereocenters. The van der Waals surface area contributed by atoms with E-state index in [0.29, 0.717) is 16.8 Å². The van der Waals surface area contributed by atoms with Gasteiger partial charge < -0.3 is 4.74 Å². The lowest BCUT2D eigenvalue weighted by molar-refractivity contribution is 0.0600. The van der Waals surface area contributed by atoms with Crippen molar-refractivity contribution in [3.8, 4) is 0 Å². The lowest BCUT2D eigenvalue weighted by atomic mass is 10.1. The van der Waals surface area contributed by atoms with Crippen LogP contribution < -0.4 is 4.72 Å². The Balaban J connectivity index is 2.37. The molecule has 2 aromatic rings. The summed E-state index contributed by atoms with van der Waals surface area (Å²) in [6.45, 7) is 5.53. The molecule has 0 aliphatic heterocycles. The van der Waals surface area contributed by atoms with Crippen molar-refractivity contribution in [3.05, 3.63) is 65.7 Å². The summed E-state index contributed by atoms with van der Waals surface area (Å²) in [7, 11) is -2.43. The van der Waals surface area contributed by atoms with Crippen molar-refractivity contribution in [1.29, 1.82) is 0 Å². The number of benzene rings is 2. The number of esters is 1. The highest BCUT2D eigenvalue weighted by Crippen LogP contribution is 2.23. The quantitative estimate of drug-likeness (QED) is 0.854. The maximum absolute atomic E-state index is 12.4. The Kier molecular flexibility index (Phi) is 4.86. The van der Waals surface area contributed by atoms with Gasteiger partial charge in [0.1, 0.15) is 0 Å². The van der Waals surface area contributed by atoms with Crippen molar-refractivity contribution < 1.29 is 17.9 Å². The first-order valence-electron chi connectivity index (χ1n) is 6.81. The minimum absolute atomic E-state index is 0.162. The van der Waals surface area contributed by atoms with Crippen molar-refractivity contribution >= 4 is 27.8 Å². The Bertz CT molecular complexity index is 839. The van der Waals surface area contributed by atoms with E-state index in [0.717, 1.165) is 5.56 Å². The SMILES string of the molecule is C=Cc1cc(C(=O)OC)ccc1NS(=O)(=O)c1ccc(C)cc1. The van der Waals surface area contributed by atoms with Crippen LogP contribution in [0.2, 0.25) is 0 Å². The molecule has 6 heteroatoms. The van der Waals surface area contributed by atoms with Crippen LogP contribution in [0, 0.1) is 6.92 Å². The van der Waals surface area contributed by atoms with Gasteiger partial charge in [-0.25, -0.2) is 13.2 Å². The number of ether oxygens (including phenoxy) is 1. The van der Waals surface area contributed by atoms with Gasteiger partial charge in [-0.3, -0.25) is 4.72 Å². The standard InChI is InChI=1S/C17H17NO4S/c1-4-13-11-14(17(19)22-3)7-10-16(13)18-23(20,21)15-8-5-12(2)6-9-15/h4-11,18H,1H2,2-3H3. The lowest BCUT2D eigenvalue weighted by Gasteiger charge is -2.12. The highest BCUT2D eigenvalue weighted by Gasteiger charge is 2.16. The molecule has 0 fully saturated rings. The summed E-state index contributed by atoms with van der Waals surface area (Å²) in [5.41, 5.74) is 2.12. The Morgan fingerprint density at radius 1 is 1.17 bits per heavy atom. The van der Waals surface area contributed by atoms with Gasteiger partial charge in [0, 0.05) is 0 Å². The smallest absolute Gasteiger partial charge is 0.337 e. The number of nitrogens with one attached hydrogen (secondary N) is 1. The molecule has 120 valence electrons. The summed E-state index contributed by atoms with van der Waals surface area (Å²) in [6.07, 6.45) is 1.47. The van der Waals surface area contributed by atoms with Gasteiger partial charge in [-0.05, 0) is 42.8 Å². The van der Waals surface area contributed by atoms with Crippen LogP contribution in [0.25, 0.3) is 6.08 Å². The molecule has 0 saturated heterocycles. The van der Waals surface area contributed by atoms with E-state index in [4.69, 9.17) is 0 Å². The van der Waals surface area contributed by atoms with E-state index in [2.05, 4.69) is 16.0 Å². The first-order chi connectivity index (χ1) is 10.9. The molecule has 0 aliphatic carbocycles. The molecule has 0 aromatic heterocycles. The van der Waals surface area contributed by atoms with Gasteiger partial charge in [0.2, 0.25) is 0 Å². The number of anilines is 1. The number of carbonyl (C=O) groups is 1. The highest BCUT2D eigenvalue weighted by atomic mass is 32.2. The third-order valence-corrected chi connectivity index (χ3v) is 4.65. The molecule has 0 spiro atoms. The zero-order chi connectivity index (χ0) is 17.0. The maximum Gasteiger partial charge on any atom is 0.337 e.